The van der Waals surface area contributed by atoms with Crippen LogP contribution in [0.3, 0.4) is 0 Å². The van der Waals surface area contributed by atoms with Gasteiger partial charge in [-0.25, -0.2) is 0 Å². The average molecular weight is 350 g/mol. The largest absolute Gasteiger partial charge is 0.494 e. The van der Waals surface area contributed by atoms with Crippen LogP contribution in [0.2, 0.25) is 0 Å². The van der Waals surface area contributed by atoms with Crippen LogP contribution in [-0.4, -0.2) is 45.6 Å². The number of aromatic nitrogens is 3. The third kappa shape index (κ3) is 3.15. The molecule has 0 aliphatic carbocycles. The molecule has 1 fully saturated rings. The van der Waals surface area contributed by atoms with Gasteiger partial charge >= 0.3 is 0 Å². The van der Waals surface area contributed by atoms with E-state index in [4.69, 9.17) is 9.26 Å². The van der Waals surface area contributed by atoms with E-state index in [2.05, 4.69) is 15.1 Å². The van der Waals surface area contributed by atoms with Crippen molar-refractivity contribution < 1.29 is 14.1 Å². The molecule has 7 heteroatoms. The molecule has 2 aromatic heterocycles. The lowest BCUT2D eigenvalue weighted by Crippen LogP contribution is -2.48. The van der Waals surface area contributed by atoms with E-state index in [1.54, 1.807) is 23.2 Å². The van der Waals surface area contributed by atoms with E-state index in [-0.39, 0.29) is 11.8 Å². The quantitative estimate of drug-likeness (QED) is 0.704. The molecule has 0 saturated carbocycles. The third-order valence-electron chi connectivity index (χ3n) is 4.27. The fraction of sp³-hybridized carbons (Fsp3) is 0.263. The predicted octanol–water partition coefficient (Wildman–Crippen LogP) is 2.77. The Kier molecular flexibility index (Phi) is 4.35. The van der Waals surface area contributed by atoms with Crippen LogP contribution < -0.4 is 4.74 Å². The highest BCUT2D eigenvalue weighted by Crippen LogP contribution is 2.28. The van der Waals surface area contributed by atoms with Crippen LogP contribution in [0, 0.1) is 0 Å². The van der Waals surface area contributed by atoms with Gasteiger partial charge in [-0.15, -0.1) is 0 Å². The topological polar surface area (TPSA) is 81.4 Å². The van der Waals surface area contributed by atoms with Gasteiger partial charge in [0.1, 0.15) is 11.4 Å². The summed E-state index contributed by atoms with van der Waals surface area (Å²) < 4.78 is 10.7. The first-order valence-corrected chi connectivity index (χ1v) is 8.51. The lowest BCUT2D eigenvalue weighted by molar-refractivity contribution is 0.0569. The fourth-order valence-electron chi connectivity index (χ4n) is 2.84. The van der Waals surface area contributed by atoms with Gasteiger partial charge in [-0.05, 0) is 43.3 Å². The van der Waals surface area contributed by atoms with E-state index in [1.807, 2.05) is 37.3 Å². The average Bonchev–Trinajstić information content (AvgIpc) is 3.12. The van der Waals surface area contributed by atoms with Crippen LogP contribution in [0.25, 0.3) is 11.5 Å². The number of hydrogen-bond acceptors (Lipinski definition) is 6. The normalized spacial score (nSPS) is 14.1. The molecule has 1 aliphatic heterocycles. The Morgan fingerprint density at radius 3 is 2.73 bits per heavy atom. The number of carbonyl (C=O) groups is 1. The minimum absolute atomic E-state index is 0.00577. The second-order valence-corrected chi connectivity index (χ2v) is 6.04. The summed E-state index contributed by atoms with van der Waals surface area (Å²) in [5.74, 6) is 1.83. The smallest absolute Gasteiger partial charge is 0.253 e. The number of carbonyl (C=O) groups excluding carboxylic acids is 1. The first-order chi connectivity index (χ1) is 12.7. The SMILES string of the molecule is CCOc1ccc(C(=O)N2CC(c3nc(-c4ccccn4)no3)C2)cc1. The van der Waals surface area contributed by atoms with Gasteiger partial charge in [-0.2, -0.15) is 4.98 Å². The molecule has 0 atom stereocenters. The van der Waals surface area contributed by atoms with Gasteiger partial charge < -0.3 is 14.2 Å². The molecule has 1 saturated heterocycles. The first kappa shape index (κ1) is 16.3. The number of benzene rings is 1. The molecule has 4 rings (SSSR count). The van der Waals surface area contributed by atoms with E-state index >= 15 is 0 Å². The zero-order valence-corrected chi connectivity index (χ0v) is 14.3. The molecule has 1 amide bonds. The molecule has 3 aromatic rings. The monoisotopic (exact) mass is 350 g/mol. The van der Waals surface area contributed by atoms with Gasteiger partial charge in [-0.3, -0.25) is 9.78 Å². The molecule has 132 valence electrons. The van der Waals surface area contributed by atoms with Gasteiger partial charge in [0.05, 0.1) is 12.5 Å². The molecule has 0 bridgehead atoms. The van der Waals surface area contributed by atoms with Crippen molar-refractivity contribution in [3.05, 3.63) is 60.1 Å². The van der Waals surface area contributed by atoms with E-state index in [9.17, 15) is 4.79 Å². The lowest BCUT2D eigenvalue weighted by Gasteiger charge is -2.37. The zero-order valence-electron chi connectivity index (χ0n) is 14.3. The summed E-state index contributed by atoms with van der Waals surface area (Å²) in [6, 6.07) is 12.7. The zero-order chi connectivity index (χ0) is 17.9. The van der Waals surface area contributed by atoms with E-state index in [0.717, 1.165) is 5.75 Å². The van der Waals surface area contributed by atoms with E-state index < -0.39 is 0 Å². The van der Waals surface area contributed by atoms with Gasteiger partial charge in [-0.1, -0.05) is 11.2 Å². The van der Waals surface area contributed by atoms with Crippen molar-refractivity contribution in [2.24, 2.45) is 0 Å². The second kappa shape index (κ2) is 6.95. The molecule has 26 heavy (non-hydrogen) atoms. The molecule has 1 aliphatic rings. The maximum absolute atomic E-state index is 12.5. The molecule has 0 spiro atoms. The second-order valence-electron chi connectivity index (χ2n) is 6.04. The van der Waals surface area contributed by atoms with Gasteiger partial charge in [0.2, 0.25) is 11.7 Å². The molecule has 3 heterocycles. The Balaban J connectivity index is 1.38. The number of ether oxygens (including phenoxy) is 1. The molecule has 7 nitrogen and oxygen atoms in total. The Morgan fingerprint density at radius 2 is 2.04 bits per heavy atom. The Morgan fingerprint density at radius 1 is 1.23 bits per heavy atom. The standard InChI is InChI=1S/C19H18N4O3/c1-2-25-15-8-6-13(7-9-15)19(24)23-11-14(12-23)18-21-17(22-26-18)16-5-3-4-10-20-16/h3-10,14H,2,11-12H2,1H3. The van der Waals surface area contributed by atoms with Crippen LogP contribution >= 0.6 is 0 Å². The van der Waals surface area contributed by atoms with Gasteiger partial charge in [0.25, 0.3) is 5.91 Å². The van der Waals surface area contributed by atoms with Crippen LogP contribution in [0.1, 0.15) is 29.1 Å². The van der Waals surface area contributed by atoms with E-state index in [1.165, 1.54) is 0 Å². The third-order valence-corrected chi connectivity index (χ3v) is 4.27. The Bertz CT molecular complexity index is 887. The summed E-state index contributed by atoms with van der Waals surface area (Å²) in [5, 5.41) is 3.98. The molecule has 0 unspecified atom stereocenters. The van der Waals surface area contributed by atoms with Crippen LogP contribution in [0.15, 0.2) is 53.2 Å². The minimum atomic E-state index is -0.00577. The summed E-state index contributed by atoms with van der Waals surface area (Å²) in [7, 11) is 0. The molecular weight excluding hydrogens is 332 g/mol. The number of pyridine rings is 1. The Hall–Kier alpha value is -3.22. The Labute approximate surface area is 150 Å². The number of nitrogens with zero attached hydrogens (tertiary/aromatic N) is 4. The van der Waals surface area contributed by atoms with Crippen molar-refractivity contribution in [1.29, 1.82) is 0 Å². The van der Waals surface area contributed by atoms with Crippen molar-refractivity contribution in [1.82, 2.24) is 20.0 Å². The summed E-state index contributed by atoms with van der Waals surface area (Å²) >= 11 is 0. The molecular formula is C19H18N4O3. The van der Waals surface area contributed by atoms with Crippen molar-refractivity contribution in [2.75, 3.05) is 19.7 Å². The van der Waals surface area contributed by atoms with Gasteiger partial charge in [0, 0.05) is 24.8 Å². The lowest BCUT2D eigenvalue weighted by atomic mass is 9.98. The predicted molar refractivity (Wildman–Crippen MR) is 93.8 cm³/mol. The highest BCUT2D eigenvalue weighted by atomic mass is 16.5. The number of hydrogen-bond donors (Lipinski definition) is 0. The summed E-state index contributed by atoms with van der Waals surface area (Å²) in [6.45, 7) is 3.66. The van der Waals surface area contributed by atoms with Crippen LogP contribution in [-0.2, 0) is 0 Å². The van der Waals surface area contributed by atoms with Crippen molar-refractivity contribution in [3.63, 3.8) is 0 Å². The summed E-state index contributed by atoms with van der Waals surface area (Å²) in [5.41, 5.74) is 1.32. The summed E-state index contributed by atoms with van der Waals surface area (Å²) in [4.78, 5) is 22.9. The van der Waals surface area contributed by atoms with Crippen LogP contribution in [0.5, 0.6) is 5.75 Å². The molecule has 0 radical (unpaired) electrons. The number of likely N-dealkylation sites (tertiary alicyclic amines) is 1. The van der Waals surface area contributed by atoms with Crippen molar-refractivity contribution >= 4 is 5.91 Å². The first-order valence-electron chi connectivity index (χ1n) is 8.51. The van der Waals surface area contributed by atoms with Crippen LogP contribution in [0.4, 0.5) is 0 Å². The van der Waals surface area contributed by atoms with E-state index in [0.29, 0.717) is 42.7 Å². The maximum atomic E-state index is 12.5. The highest BCUT2D eigenvalue weighted by Gasteiger charge is 2.36. The molecule has 1 aromatic carbocycles. The minimum Gasteiger partial charge on any atom is -0.494 e. The van der Waals surface area contributed by atoms with Crippen molar-refractivity contribution in [3.8, 4) is 17.3 Å². The summed E-state index contributed by atoms with van der Waals surface area (Å²) in [6.07, 6.45) is 1.69. The highest BCUT2D eigenvalue weighted by molar-refractivity contribution is 5.95. The van der Waals surface area contributed by atoms with Crippen molar-refractivity contribution in [2.45, 2.75) is 12.8 Å². The molecule has 0 N–H and O–H groups in total. The number of amides is 1. The maximum Gasteiger partial charge on any atom is 0.253 e. The fourth-order valence-corrected chi connectivity index (χ4v) is 2.84. The number of rotatable bonds is 5. The van der Waals surface area contributed by atoms with Gasteiger partial charge in [0.15, 0.2) is 0 Å².